The molecule has 8 heteroatoms. The van der Waals surface area contributed by atoms with Crippen LogP contribution in [-0.4, -0.2) is 25.2 Å². The van der Waals surface area contributed by atoms with Crippen LogP contribution in [0.1, 0.15) is 12.5 Å². The van der Waals surface area contributed by atoms with Crippen LogP contribution < -0.4 is 10.0 Å². The van der Waals surface area contributed by atoms with Gasteiger partial charge in [0.05, 0.1) is 0 Å². The third kappa shape index (κ3) is 3.96. The fourth-order valence-electron chi connectivity index (χ4n) is 1.69. The molecule has 0 fully saturated rings. The van der Waals surface area contributed by atoms with Gasteiger partial charge in [-0.2, -0.15) is 5.10 Å². The minimum absolute atomic E-state index is 0.0358. The van der Waals surface area contributed by atoms with E-state index in [2.05, 4.69) is 20.2 Å². The van der Waals surface area contributed by atoms with Crippen LogP contribution in [0.5, 0.6) is 0 Å². The predicted molar refractivity (Wildman–Crippen MR) is 76.6 cm³/mol. The van der Waals surface area contributed by atoms with E-state index in [9.17, 15) is 12.8 Å². The molecule has 2 N–H and O–H groups in total. The fraction of sp³-hybridized carbons (Fsp3) is 0.231. The normalized spacial score (nSPS) is 11.3. The summed E-state index contributed by atoms with van der Waals surface area (Å²) in [5, 5.41) is 10.2. The van der Waals surface area contributed by atoms with Crippen molar-refractivity contribution in [2.45, 2.75) is 18.4 Å². The predicted octanol–water partition coefficient (Wildman–Crippen LogP) is 1.53. The summed E-state index contributed by atoms with van der Waals surface area (Å²) in [4.78, 5) is -0.423. The maximum atomic E-state index is 14.0. The summed E-state index contributed by atoms with van der Waals surface area (Å²) in [7, 11) is -4.03. The first-order valence-corrected chi connectivity index (χ1v) is 7.81. The van der Waals surface area contributed by atoms with Gasteiger partial charge in [0.25, 0.3) is 10.0 Å². The van der Waals surface area contributed by atoms with E-state index in [0.717, 1.165) is 6.54 Å². The Morgan fingerprint density at radius 2 is 2.10 bits per heavy atom. The summed E-state index contributed by atoms with van der Waals surface area (Å²) in [6, 6.07) is 6.97. The molecule has 0 aliphatic heterocycles. The van der Waals surface area contributed by atoms with Crippen LogP contribution in [0.4, 0.5) is 10.2 Å². The lowest BCUT2D eigenvalue weighted by Crippen LogP contribution is -2.17. The Balaban J connectivity index is 2.24. The van der Waals surface area contributed by atoms with Crippen LogP contribution in [0, 0.1) is 5.82 Å². The molecule has 2 rings (SSSR count). The van der Waals surface area contributed by atoms with Crippen molar-refractivity contribution < 1.29 is 12.8 Å². The third-order valence-electron chi connectivity index (χ3n) is 2.68. The van der Waals surface area contributed by atoms with E-state index in [1.165, 1.54) is 30.5 Å². The molecule has 1 heterocycles. The molecule has 1 aromatic heterocycles. The molecule has 0 saturated heterocycles. The summed E-state index contributed by atoms with van der Waals surface area (Å²) in [6.07, 6.45) is 1.41. The van der Waals surface area contributed by atoms with Crippen LogP contribution in [0.25, 0.3) is 0 Å². The zero-order chi connectivity index (χ0) is 15.3. The molecule has 1 aromatic carbocycles. The lowest BCUT2D eigenvalue weighted by atomic mass is 10.2. The van der Waals surface area contributed by atoms with Crippen molar-refractivity contribution in [2.24, 2.45) is 0 Å². The van der Waals surface area contributed by atoms with Gasteiger partial charge in [-0.25, -0.2) is 12.8 Å². The van der Waals surface area contributed by atoms with Crippen LogP contribution in [0.2, 0.25) is 0 Å². The second-order valence-electron chi connectivity index (χ2n) is 4.26. The van der Waals surface area contributed by atoms with Crippen molar-refractivity contribution in [3.05, 3.63) is 47.9 Å². The van der Waals surface area contributed by atoms with E-state index >= 15 is 0 Å². The zero-order valence-corrected chi connectivity index (χ0v) is 12.2. The summed E-state index contributed by atoms with van der Waals surface area (Å²) >= 11 is 0. The Bertz CT molecular complexity index is 707. The topological polar surface area (TPSA) is 84.0 Å². The SMILES string of the molecule is CCNCc1ccc(S(=O)(=O)Nc2cccnn2)c(F)c1. The van der Waals surface area contributed by atoms with E-state index in [1.807, 2.05) is 6.92 Å². The summed E-state index contributed by atoms with van der Waals surface area (Å²) in [6.45, 7) is 3.15. The van der Waals surface area contributed by atoms with E-state index in [0.29, 0.717) is 12.1 Å². The number of sulfonamides is 1. The first-order chi connectivity index (χ1) is 10.0. The van der Waals surface area contributed by atoms with Gasteiger partial charge in [0, 0.05) is 12.7 Å². The molecular weight excluding hydrogens is 295 g/mol. The Labute approximate surface area is 122 Å². The summed E-state index contributed by atoms with van der Waals surface area (Å²) in [5.41, 5.74) is 0.674. The number of aromatic nitrogens is 2. The molecule has 0 atom stereocenters. The Hall–Kier alpha value is -2.06. The fourth-order valence-corrected chi connectivity index (χ4v) is 2.75. The average Bonchev–Trinajstić information content (AvgIpc) is 2.45. The lowest BCUT2D eigenvalue weighted by molar-refractivity contribution is 0.567. The van der Waals surface area contributed by atoms with Gasteiger partial charge in [0.2, 0.25) is 0 Å². The quantitative estimate of drug-likeness (QED) is 0.845. The van der Waals surface area contributed by atoms with Crippen molar-refractivity contribution in [3.63, 3.8) is 0 Å². The largest absolute Gasteiger partial charge is 0.313 e. The number of nitrogens with one attached hydrogen (secondary N) is 2. The minimum atomic E-state index is -4.03. The lowest BCUT2D eigenvalue weighted by Gasteiger charge is -2.09. The van der Waals surface area contributed by atoms with Crippen molar-refractivity contribution in [1.29, 1.82) is 0 Å². The van der Waals surface area contributed by atoms with Crippen LogP contribution in [-0.2, 0) is 16.6 Å². The van der Waals surface area contributed by atoms with Gasteiger partial charge in [0.1, 0.15) is 10.7 Å². The second kappa shape index (κ2) is 6.59. The van der Waals surface area contributed by atoms with Gasteiger partial charge in [-0.15, -0.1) is 5.10 Å². The van der Waals surface area contributed by atoms with E-state index in [-0.39, 0.29) is 5.82 Å². The second-order valence-corrected chi connectivity index (χ2v) is 5.91. The Morgan fingerprint density at radius 1 is 1.29 bits per heavy atom. The number of halogens is 1. The van der Waals surface area contributed by atoms with E-state index in [4.69, 9.17) is 0 Å². The molecular formula is C13H15FN4O2S. The number of hydrogen-bond acceptors (Lipinski definition) is 5. The maximum absolute atomic E-state index is 14.0. The van der Waals surface area contributed by atoms with Gasteiger partial charge in [-0.05, 0) is 36.4 Å². The smallest absolute Gasteiger partial charge is 0.266 e. The number of anilines is 1. The molecule has 0 radical (unpaired) electrons. The van der Waals surface area contributed by atoms with Crippen molar-refractivity contribution in [2.75, 3.05) is 11.3 Å². The van der Waals surface area contributed by atoms with Gasteiger partial charge in [-0.1, -0.05) is 13.0 Å². The standard InChI is InChI=1S/C13H15FN4O2S/c1-2-15-9-10-5-6-12(11(14)8-10)21(19,20)18-13-4-3-7-16-17-13/h3-8,15H,2,9H2,1H3,(H,17,18). The Kier molecular flexibility index (Phi) is 4.81. The maximum Gasteiger partial charge on any atom is 0.266 e. The minimum Gasteiger partial charge on any atom is -0.313 e. The van der Waals surface area contributed by atoms with Gasteiger partial charge < -0.3 is 5.32 Å². The molecule has 6 nitrogen and oxygen atoms in total. The van der Waals surface area contributed by atoms with Crippen LogP contribution in [0.15, 0.2) is 41.4 Å². The zero-order valence-electron chi connectivity index (χ0n) is 11.4. The van der Waals surface area contributed by atoms with Crippen LogP contribution in [0.3, 0.4) is 0 Å². The molecule has 0 bridgehead atoms. The van der Waals surface area contributed by atoms with Gasteiger partial charge >= 0.3 is 0 Å². The highest BCUT2D eigenvalue weighted by atomic mass is 32.2. The number of rotatable bonds is 6. The van der Waals surface area contributed by atoms with Crippen molar-refractivity contribution >= 4 is 15.8 Å². The molecule has 0 unspecified atom stereocenters. The third-order valence-corrected chi connectivity index (χ3v) is 4.06. The Morgan fingerprint density at radius 3 is 2.71 bits per heavy atom. The molecule has 0 spiro atoms. The van der Waals surface area contributed by atoms with Gasteiger partial charge in [-0.3, -0.25) is 4.72 Å². The number of nitrogens with zero attached hydrogens (tertiary/aromatic N) is 2. The molecule has 0 saturated carbocycles. The monoisotopic (exact) mass is 310 g/mol. The highest BCUT2D eigenvalue weighted by Gasteiger charge is 2.20. The molecule has 0 aliphatic rings. The van der Waals surface area contributed by atoms with Crippen LogP contribution >= 0.6 is 0 Å². The molecule has 2 aromatic rings. The molecule has 21 heavy (non-hydrogen) atoms. The molecule has 112 valence electrons. The number of benzene rings is 1. The van der Waals surface area contributed by atoms with Crippen molar-refractivity contribution in [1.82, 2.24) is 15.5 Å². The number of hydrogen-bond donors (Lipinski definition) is 2. The first-order valence-electron chi connectivity index (χ1n) is 6.32. The van der Waals surface area contributed by atoms with Gasteiger partial charge in [0.15, 0.2) is 5.82 Å². The van der Waals surface area contributed by atoms with Crippen molar-refractivity contribution in [3.8, 4) is 0 Å². The molecule has 0 aliphatic carbocycles. The highest BCUT2D eigenvalue weighted by molar-refractivity contribution is 7.92. The summed E-state index contributed by atoms with van der Waals surface area (Å²) in [5.74, 6) is -0.768. The van der Waals surface area contributed by atoms with E-state index < -0.39 is 20.7 Å². The average molecular weight is 310 g/mol. The molecule has 0 amide bonds. The van der Waals surface area contributed by atoms with E-state index in [1.54, 1.807) is 6.07 Å². The first kappa shape index (κ1) is 15.3. The summed E-state index contributed by atoms with van der Waals surface area (Å²) < 4.78 is 40.4. The highest BCUT2D eigenvalue weighted by Crippen LogP contribution is 2.18.